The number of benzene rings is 1. The summed E-state index contributed by atoms with van der Waals surface area (Å²) in [6.07, 6.45) is 1.82. The zero-order chi connectivity index (χ0) is 10.1. The van der Waals surface area contributed by atoms with E-state index in [4.69, 9.17) is 11.6 Å². The first-order chi connectivity index (χ1) is 6.70. The highest BCUT2D eigenvalue weighted by Gasteiger charge is 2.07. The summed E-state index contributed by atoms with van der Waals surface area (Å²) in [5, 5.41) is 3.05. The summed E-state index contributed by atoms with van der Waals surface area (Å²) in [6, 6.07) is 7.92. The number of hydrogen-bond acceptors (Lipinski definition) is 1. The van der Waals surface area contributed by atoms with E-state index in [0.717, 1.165) is 21.5 Å². The van der Waals surface area contributed by atoms with Gasteiger partial charge >= 0.3 is 0 Å². The Morgan fingerprint density at radius 2 is 1.93 bits per heavy atom. The summed E-state index contributed by atoms with van der Waals surface area (Å²) in [6.45, 7) is 4.28. The van der Waals surface area contributed by atoms with Gasteiger partial charge in [-0.3, -0.25) is 4.98 Å². The molecule has 1 aromatic carbocycles. The minimum atomic E-state index is 0.428. The van der Waals surface area contributed by atoms with Gasteiger partial charge < -0.3 is 0 Å². The predicted molar refractivity (Wildman–Crippen MR) is 60.8 cm³/mol. The Hall–Kier alpha value is -1.08. The van der Waals surface area contributed by atoms with Crippen molar-refractivity contribution in [3.05, 3.63) is 41.2 Å². The maximum atomic E-state index is 6.11. The van der Waals surface area contributed by atoms with Crippen LogP contribution in [-0.2, 0) is 0 Å². The maximum Gasteiger partial charge on any atom is 0.0507 e. The van der Waals surface area contributed by atoms with Gasteiger partial charge in [0.25, 0.3) is 0 Å². The molecule has 0 N–H and O–H groups in total. The van der Waals surface area contributed by atoms with E-state index < -0.39 is 0 Å². The summed E-state index contributed by atoms with van der Waals surface area (Å²) >= 11 is 6.11. The van der Waals surface area contributed by atoms with Crippen molar-refractivity contribution in [2.24, 2.45) is 0 Å². The lowest BCUT2D eigenvalue weighted by Gasteiger charge is -2.08. The van der Waals surface area contributed by atoms with Gasteiger partial charge in [0, 0.05) is 22.0 Å². The Kier molecular flexibility index (Phi) is 2.42. The first kappa shape index (κ1) is 9.47. The molecule has 0 amide bonds. The average molecular weight is 206 g/mol. The largest absolute Gasteiger partial charge is 0.260 e. The van der Waals surface area contributed by atoms with Crippen molar-refractivity contribution in [3.63, 3.8) is 0 Å². The van der Waals surface area contributed by atoms with Crippen LogP contribution in [0.1, 0.15) is 25.5 Å². The molecule has 0 fully saturated rings. The van der Waals surface area contributed by atoms with Gasteiger partial charge in [-0.25, -0.2) is 0 Å². The SMILES string of the molecule is CC(C)c1nccc2c(Cl)cccc12. The van der Waals surface area contributed by atoms with Crippen LogP contribution in [0.25, 0.3) is 10.8 Å². The fourth-order valence-electron chi connectivity index (χ4n) is 1.65. The average Bonchev–Trinajstić information content (AvgIpc) is 2.17. The molecule has 14 heavy (non-hydrogen) atoms. The molecule has 0 unspecified atom stereocenters. The first-order valence-corrected chi connectivity index (χ1v) is 5.11. The van der Waals surface area contributed by atoms with E-state index >= 15 is 0 Å². The lowest BCUT2D eigenvalue weighted by Crippen LogP contribution is -1.93. The van der Waals surface area contributed by atoms with Crippen molar-refractivity contribution in [1.29, 1.82) is 0 Å². The van der Waals surface area contributed by atoms with Crippen molar-refractivity contribution < 1.29 is 0 Å². The van der Waals surface area contributed by atoms with Crippen molar-refractivity contribution in [1.82, 2.24) is 4.98 Å². The molecule has 72 valence electrons. The molecule has 0 bridgehead atoms. The van der Waals surface area contributed by atoms with Crippen molar-refractivity contribution in [2.75, 3.05) is 0 Å². The van der Waals surface area contributed by atoms with E-state index in [1.165, 1.54) is 0 Å². The van der Waals surface area contributed by atoms with Crippen LogP contribution in [0.15, 0.2) is 30.5 Å². The second kappa shape index (κ2) is 3.58. The lowest BCUT2D eigenvalue weighted by atomic mass is 10.0. The Balaban J connectivity index is 2.81. The van der Waals surface area contributed by atoms with E-state index in [1.807, 2.05) is 24.4 Å². The molecule has 0 saturated heterocycles. The van der Waals surface area contributed by atoms with Crippen LogP contribution in [0.5, 0.6) is 0 Å². The van der Waals surface area contributed by atoms with Crippen LogP contribution in [0.2, 0.25) is 5.02 Å². The van der Waals surface area contributed by atoms with Gasteiger partial charge in [-0.1, -0.05) is 37.6 Å². The van der Waals surface area contributed by atoms with E-state index in [9.17, 15) is 0 Å². The number of nitrogens with zero attached hydrogens (tertiary/aromatic N) is 1. The standard InChI is InChI=1S/C12H12ClN/c1-8(2)12-10-4-3-5-11(13)9(10)6-7-14-12/h3-8H,1-2H3. The Morgan fingerprint density at radius 3 is 2.64 bits per heavy atom. The van der Waals surface area contributed by atoms with Gasteiger partial charge in [0.2, 0.25) is 0 Å². The molecule has 0 aliphatic carbocycles. The fraction of sp³-hybridized carbons (Fsp3) is 0.250. The first-order valence-electron chi connectivity index (χ1n) is 4.73. The van der Waals surface area contributed by atoms with E-state index in [1.54, 1.807) is 0 Å². The molecule has 1 heterocycles. The molecule has 0 spiro atoms. The van der Waals surface area contributed by atoms with Crippen molar-refractivity contribution in [2.45, 2.75) is 19.8 Å². The minimum absolute atomic E-state index is 0.428. The van der Waals surface area contributed by atoms with Gasteiger partial charge in [0.15, 0.2) is 0 Å². The highest BCUT2D eigenvalue weighted by molar-refractivity contribution is 6.35. The second-order valence-corrected chi connectivity index (χ2v) is 4.09. The van der Waals surface area contributed by atoms with Crippen LogP contribution in [0.4, 0.5) is 0 Å². The fourth-order valence-corrected chi connectivity index (χ4v) is 1.89. The third-order valence-electron chi connectivity index (χ3n) is 2.33. The molecule has 2 heteroatoms. The van der Waals surface area contributed by atoms with Crippen LogP contribution >= 0.6 is 11.6 Å². The third kappa shape index (κ3) is 1.48. The lowest BCUT2D eigenvalue weighted by molar-refractivity contribution is 0.834. The smallest absolute Gasteiger partial charge is 0.0507 e. The number of pyridine rings is 1. The van der Waals surface area contributed by atoms with Crippen LogP contribution < -0.4 is 0 Å². The molecule has 0 radical (unpaired) electrons. The highest BCUT2D eigenvalue weighted by Crippen LogP contribution is 2.27. The van der Waals surface area contributed by atoms with Crippen molar-refractivity contribution in [3.8, 4) is 0 Å². The number of halogens is 1. The van der Waals surface area contributed by atoms with Crippen molar-refractivity contribution >= 4 is 22.4 Å². The summed E-state index contributed by atoms with van der Waals surface area (Å²) in [7, 11) is 0. The van der Waals surface area contributed by atoms with Crippen LogP contribution in [-0.4, -0.2) is 4.98 Å². The number of aromatic nitrogens is 1. The van der Waals surface area contributed by atoms with Gasteiger partial charge in [0.1, 0.15) is 0 Å². The molecule has 1 aromatic heterocycles. The van der Waals surface area contributed by atoms with Gasteiger partial charge in [-0.05, 0) is 18.1 Å². The second-order valence-electron chi connectivity index (χ2n) is 3.69. The van der Waals surface area contributed by atoms with E-state index in [-0.39, 0.29) is 0 Å². The minimum Gasteiger partial charge on any atom is -0.260 e. The van der Waals surface area contributed by atoms with Crippen LogP contribution in [0, 0.1) is 0 Å². The molecule has 2 aromatic rings. The zero-order valence-corrected chi connectivity index (χ0v) is 9.05. The van der Waals surface area contributed by atoms with Gasteiger partial charge in [-0.15, -0.1) is 0 Å². The summed E-state index contributed by atoms with van der Waals surface area (Å²) in [5.74, 6) is 0.428. The Bertz CT molecular complexity index is 463. The molecule has 0 aliphatic heterocycles. The Labute approximate surface area is 88.7 Å². The van der Waals surface area contributed by atoms with Gasteiger partial charge in [0.05, 0.1) is 5.69 Å². The molecule has 0 saturated carbocycles. The molecule has 1 nitrogen and oxygen atoms in total. The maximum absolute atomic E-state index is 6.11. The molecular weight excluding hydrogens is 194 g/mol. The summed E-state index contributed by atoms with van der Waals surface area (Å²) in [5.41, 5.74) is 1.12. The highest BCUT2D eigenvalue weighted by atomic mass is 35.5. The van der Waals surface area contributed by atoms with E-state index in [2.05, 4.69) is 24.9 Å². The molecular formula is C12H12ClN. The number of fused-ring (bicyclic) bond motifs is 1. The van der Waals surface area contributed by atoms with Gasteiger partial charge in [-0.2, -0.15) is 0 Å². The predicted octanol–water partition coefficient (Wildman–Crippen LogP) is 4.01. The third-order valence-corrected chi connectivity index (χ3v) is 2.66. The number of hydrogen-bond donors (Lipinski definition) is 0. The topological polar surface area (TPSA) is 12.9 Å². The number of rotatable bonds is 1. The summed E-state index contributed by atoms with van der Waals surface area (Å²) < 4.78 is 0. The monoisotopic (exact) mass is 205 g/mol. The normalized spacial score (nSPS) is 11.1. The van der Waals surface area contributed by atoms with Crippen LogP contribution in [0.3, 0.4) is 0 Å². The summed E-state index contributed by atoms with van der Waals surface area (Å²) in [4.78, 5) is 4.39. The Morgan fingerprint density at radius 1 is 1.14 bits per heavy atom. The molecule has 0 atom stereocenters. The zero-order valence-electron chi connectivity index (χ0n) is 8.29. The molecule has 0 aliphatic rings. The van der Waals surface area contributed by atoms with E-state index in [0.29, 0.717) is 5.92 Å². The quantitative estimate of drug-likeness (QED) is 0.686. The molecule has 2 rings (SSSR count).